The first-order chi connectivity index (χ1) is 15.0. The van der Waals surface area contributed by atoms with Crippen molar-refractivity contribution in [3.05, 3.63) is 78.3 Å². The molecule has 1 saturated heterocycles. The quantitative estimate of drug-likeness (QED) is 0.680. The lowest BCUT2D eigenvalue weighted by Crippen LogP contribution is -2.54. The van der Waals surface area contributed by atoms with Crippen LogP contribution in [0.25, 0.3) is 11.1 Å². The van der Waals surface area contributed by atoms with E-state index in [-0.39, 0.29) is 17.9 Å². The summed E-state index contributed by atoms with van der Waals surface area (Å²) in [4.78, 5) is 29.4. The number of furan rings is 1. The highest BCUT2D eigenvalue weighted by Gasteiger charge is 2.29. The van der Waals surface area contributed by atoms with Gasteiger partial charge < -0.3 is 14.6 Å². The fraction of sp³-hybridized carbons (Fsp3) is 0.280. The Labute approximate surface area is 182 Å². The number of rotatable bonds is 5. The second-order valence-corrected chi connectivity index (χ2v) is 7.82. The molecule has 2 aromatic carbocycles. The van der Waals surface area contributed by atoms with Gasteiger partial charge in [-0.2, -0.15) is 0 Å². The van der Waals surface area contributed by atoms with Crippen LogP contribution in [0.2, 0.25) is 0 Å². The summed E-state index contributed by atoms with van der Waals surface area (Å²) in [6.07, 6.45) is 0. The summed E-state index contributed by atoms with van der Waals surface area (Å²) in [6, 6.07) is 21.1. The SMILES string of the molecule is Cc1ccc(C(=O)N2CCN(C(C)C(=O)Nc3ccccc3-c3ccccc3)CC2)o1. The van der Waals surface area contributed by atoms with Crippen LogP contribution >= 0.6 is 0 Å². The van der Waals surface area contributed by atoms with Crippen molar-refractivity contribution in [1.82, 2.24) is 9.80 Å². The second-order valence-electron chi connectivity index (χ2n) is 7.82. The number of benzene rings is 2. The smallest absolute Gasteiger partial charge is 0.289 e. The Balaban J connectivity index is 1.37. The minimum absolute atomic E-state index is 0.0511. The van der Waals surface area contributed by atoms with E-state index in [0.29, 0.717) is 31.9 Å². The number of nitrogens with zero attached hydrogens (tertiary/aromatic N) is 2. The first-order valence-electron chi connectivity index (χ1n) is 10.6. The molecule has 1 fully saturated rings. The van der Waals surface area contributed by atoms with Gasteiger partial charge in [0.15, 0.2) is 5.76 Å². The number of aryl methyl sites for hydroxylation is 1. The molecule has 0 saturated carbocycles. The summed E-state index contributed by atoms with van der Waals surface area (Å²) < 4.78 is 5.46. The molecule has 1 unspecified atom stereocenters. The van der Waals surface area contributed by atoms with Crippen molar-refractivity contribution < 1.29 is 14.0 Å². The fourth-order valence-corrected chi connectivity index (χ4v) is 3.88. The number of carbonyl (C=O) groups is 2. The Hall–Kier alpha value is -3.38. The van der Waals surface area contributed by atoms with E-state index in [1.807, 2.05) is 68.4 Å². The molecule has 6 heteroatoms. The Bertz CT molecular complexity index is 1050. The Morgan fingerprint density at radius 2 is 1.58 bits per heavy atom. The summed E-state index contributed by atoms with van der Waals surface area (Å²) in [5, 5.41) is 3.09. The van der Waals surface area contributed by atoms with E-state index in [1.54, 1.807) is 17.0 Å². The van der Waals surface area contributed by atoms with Crippen molar-refractivity contribution in [3.63, 3.8) is 0 Å². The molecule has 4 rings (SSSR count). The second kappa shape index (κ2) is 9.18. The minimum Gasteiger partial charge on any atom is -0.456 e. The number of piperazine rings is 1. The average Bonchev–Trinajstić information content (AvgIpc) is 3.25. The molecule has 6 nitrogen and oxygen atoms in total. The fourth-order valence-electron chi connectivity index (χ4n) is 3.88. The zero-order valence-electron chi connectivity index (χ0n) is 17.9. The maximum absolute atomic E-state index is 13.0. The van der Waals surface area contributed by atoms with Crippen LogP contribution in [-0.2, 0) is 4.79 Å². The van der Waals surface area contributed by atoms with E-state index < -0.39 is 0 Å². The summed E-state index contributed by atoms with van der Waals surface area (Å²) in [5.74, 6) is 0.948. The number of anilines is 1. The predicted molar refractivity (Wildman–Crippen MR) is 121 cm³/mol. The molecule has 31 heavy (non-hydrogen) atoms. The highest BCUT2D eigenvalue weighted by atomic mass is 16.3. The van der Waals surface area contributed by atoms with Crippen LogP contribution in [0.15, 0.2) is 71.1 Å². The topological polar surface area (TPSA) is 65.8 Å². The molecular weight excluding hydrogens is 390 g/mol. The van der Waals surface area contributed by atoms with Crippen molar-refractivity contribution in [3.8, 4) is 11.1 Å². The van der Waals surface area contributed by atoms with Crippen LogP contribution in [0, 0.1) is 6.92 Å². The normalized spacial score (nSPS) is 15.5. The van der Waals surface area contributed by atoms with Crippen molar-refractivity contribution in [1.29, 1.82) is 0 Å². The standard InChI is InChI=1S/C25H27N3O3/c1-18-12-13-23(31-18)25(30)28-16-14-27(15-17-28)19(2)24(29)26-22-11-7-6-10-21(22)20-8-4-3-5-9-20/h3-13,19H,14-17H2,1-2H3,(H,26,29). The van der Waals surface area contributed by atoms with Crippen LogP contribution in [0.4, 0.5) is 5.69 Å². The molecule has 3 aromatic rings. The lowest BCUT2D eigenvalue weighted by atomic mass is 10.0. The van der Waals surface area contributed by atoms with Gasteiger partial charge in [0.25, 0.3) is 5.91 Å². The number of hydrogen-bond acceptors (Lipinski definition) is 4. The summed E-state index contributed by atoms with van der Waals surface area (Å²) in [7, 11) is 0. The first-order valence-corrected chi connectivity index (χ1v) is 10.6. The molecule has 2 amide bonds. The molecular formula is C25H27N3O3. The maximum atomic E-state index is 13.0. The molecule has 0 radical (unpaired) electrons. The lowest BCUT2D eigenvalue weighted by molar-refractivity contribution is -0.121. The van der Waals surface area contributed by atoms with Crippen LogP contribution in [0.1, 0.15) is 23.2 Å². The van der Waals surface area contributed by atoms with Gasteiger partial charge in [-0.05, 0) is 37.6 Å². The van der Waals surface area contributed by atoms with Gasteiger partial charge in [0, 0.05) is 37.4 Å². The molecule has 2 heterocycles. The van der Waals surface area contributed by atoms with Crippen LogP contribution < -0.4 is 5.32 Å². The van der Waals surface area contributed by atoms with Gasteiger partial charge in [-0.25, -0.2) is 0 Å². The third kappa shape index (κ3) is 4.70. The zero-order valence-corrected chi connectivity index (χ0v) is 17.9. The lowest BCUT2D eigenvalue weighted by Gasteiger charge is -2.37. The van der Waals surface area contributed by atoms with Gasteiger partial charge >= 0.3 is 0 Å². The van der Waals surface area contributed by atoms with Crippen molar-refractivity contribution in [2.24, 2.45) is 0 Å². The average molecular weight is 418 g/mol. The molecule has 1 aliphatic rings. The molecule has 160 valence electrons. The van der Waals surface area contributed by atoms with E-state index in [2.05, 4.69) is 10.2 Å². The molecule has 0 bridgehead atoms. The van der Waals surface area contributed by atoms with Crippen molar-refractivity contribution in [2.75, 3.05) is 31.5 Å². The van der Waals surface area contributed by atoms with Gasteiger partial charge in [0.2, 0.25) is 5.91 Å². The highest BCUT2D eigenvalue weighted by molar-refractivity contribution is 5.98. The van der Waals surface area contributed by atoms with Gasteiger partial charge in [0.1, 0.15) is 5.76 Å². The Kier molecular flexibility index (Phi) is 6.18. The van der Waals surface area contributed by atoms with Crippen molar-refractivity contribution in [2.45, 2.75) is 19.9 Å². The molecule has 1 aromatic heterocycles. The van der Waals surface area contributed by atoms with Crippen LogP contribution in [0.3, 0.4) is 0 Å². The predicted octanol–water partition coefficient (Wildman–Crippen LogP) is 4.04. The maximum Gasteiger partial charge on any atom is 0.289 e. The monoisotopic (exact) mass is 417 g/mol. The summed E-state index contributed by atoms with van der Waals surface area (Å²) in [5.41, 5.74) is 2.85. The third-order valence-corrected chi connectivity index (χ3v) is 5.75. The summed E-state index contributed by atoms with van der Waals surface area (Å²) >= 11 is 0. The number of amides is 2. The van der Waals surface area contributed by atoms with Gasteiger partial charge in [-0.15, -0.1) is 0 Å². The first kappa shape index (κ1) is 20.9. The molecule has 0 aliphatic carbocycles. The number of para-hydroxylation sites is 1. The van der Waals surface area contributed by atoms with E-state index in [1.165, 1.54) is 0 Å². The van der Waals surface area contributed by atoms with E-state index >= 15 is 0 Å². The zero-order chi connectivity index (χ0) is 21.8. The molecule has 0 spiro atoms. The summed E-state index contributed by atoms with van der Waals surface area (Å²) in [6.45, 7) is 6.15. The minimum atomic E-state index is -0.299. The molecule has 1 N–H and O–H groups in total. The van der Waals surface area contributed by atoms with Crippen molar-refractivity contribution >= 4 is 17.5 Å². The van der Waals surface area contributed by atoms with Crippen LogP contribution in [-0.4, -0.2) is 53.8 Å². The van der Waals surface area contributed by atoms with Gasteiger partial charge in [-0.3, -0.25) is 14.5 Å². The number of nitrogens with one attached hydrogen (secondary N) is 1. The number of carbonyl (C=O) groups excluding carboxylic acids is 2. The third-order valence-electron chi connectivity index (χ3n) is 5.75. The van der Waals surface area contributed by atoms with E-state index in [0.717, 1.165) is 22.6 Å². The Morgan fingerprint density at radius 1 is 0.903 bits per heavy atom. The van der Waals surface area contributed by atoms with Crippen LogP contribution in [0.5, 0.6) is 0 Å². The highest BCUT2D eigenvalue weighted by Crippen LogP contribution is 2.28. The van der Waals surface area contributed by atoms with E-state index in [9.17, 15) is 9.59 Å². The van der Waals surface area contributed by atoms with Gasteiger partial charge in [0.05, 0.1) is 6.04 Å². The van der Waals surface area contributed by atoms with E-state index in [4.69, 9.17) is 4.42 Å². The Morgan fingerprint density at radius 3 is 2.26 bits per heavy atom. The molecule has 1 aliphatic heterocycles. The molecule has 1 atom stereocenters. The van der Waals surface area contributed by atoms with Gasteiger partial charge in [-0.1, -0.05) is 48.5 Å². The number of hydrogen-bond donors (Lipinski definition) is 1. The largest absolute Gasteiger partial charge is 0.456 e.